The Bertz CT molecular complexity index is 141. The molecule has 0 rings (SSSR count). The summed E-state index contributed by atoms with van der Waals surface area (Å²) in [4.78, 5) is 21.4. The Balaban J connectivity index is 3.74. The van der Waals surface area contributed by atoms with Crippen LogP contribution in [0.3, 0.4) is 0 Å². The van der Waals surface area contributed by atoms with Crippen molar-refractivity contribution in [1.82, 2.24) is 5.32 Å². The molecule has 0 aromatic rings. The van der Waals surface area contributed by atoms with E-state index in [0.717, 1.165) is 0 Å². The Hall–Kier alpha value is -0.860. The van der Waals surface area contributed by atoms with Crippen molar-refractivity contribution in [3.05, 3.63) is 0 Å². The van der Waals surface area contributed by atoms with Gasteiger partial charge in [-0.15, -0.1) is 0 Å². The summed E-state index contributed by atoms with van der Waals surface area (Å²) in [7, 11) is 0. The van der Waals surface area contributed by atoms with E-state index in [0.29, 0.717) is 0 Å². The van der Waals surface area contributed by atoms with Gasteiger partial charge in [-0.2, -0.15) is 0 Å². The van der Waals surface area contributed by atoms with Crippen molar-refractivity contribution in [2.45, 2.75) is 33.2 Å². The highest BCUT2D eigenvalue weighted by molar-refractivity contribution is 6.36. The summed E-state index contributed by atoms with van der Waals surface area (Å²) in [5, 5.41) is 2.50. The number of ketones is 1. The molecule has 0 unspecified atom stereocenters. The molecule has 0 aliphatic carbocycles. The largest absolute Gasteiger partial charge is 0.347 e. The van der Waals surface area contributed by atoms with Crippen LogP contribution in [0.4, 0.5) is 0 Å². The molecule has 0 aliphatic heterocycles. The molecule has 1 amide bonds. The summed E-state index contributed by atoms with van der Waals surface area (Å²) < 4.78 is 0. The maximum atomic E-state index is 10.7. The van der Waals surface area contributed by atoms with Gasteiger partial charge in [0.05, 0.1) is 0 Å². The van der Waals surface area contributed by atoms with Gasteiger partial charge in [-0.1, -0.05) is 6.92 Å². The predicted octanol–water partition coefficient (Wildman–Crippen LogP) is 0.490. The number of carbonyl (C=O) groups is 2. The van der Waals surface area contributed by atoms with E-state index in [1.807, 2.05) is 13.8 Å². The summed E-state index contributed by atoms with van der Waals surface area (Å²) in [6, 6.07) is 0.0444. The number of nitrogens with one attached hydrogen (secondary N) is 1. The van der Waals surface area contributed by atoms with Crippen LogP contribution in [0.2, 0.25) is 0 Å². The molecule has 0 atom stereocenters. The summed E-state index contributed by atoms with van der Waals surface area (Å²) in [5.41, 5.74) is 0. The van der Waals surface area contributed by atoms with Crippen molar-refractivity contribution in [2.24, 2.45) is 0 Å². The van der Waals surface area contributed by atoms with Crippen molar-refractivity contribution in [3.8, 4) is 0 Å². The minimum atomic E-state index is -0.475. The molecule has 0 spiro atoms. The zero-order chi connectivity index (χ0) is 8.15. The van der Waals surface area contributed by atoms with Gasteiger partial charge in [0.15, 0.2) is 0 Å². The number of hydrogen-bond acceptors (Lipinski definition) is 2. The first-order valence-corrected chi connectivity index (χ1v) is 3.41. The lowest BCUT2D eigenvalue weighted by Crippen LogP contribution is -2.35. The van der Waals surface area contributed by atoms with E-state index in [1.54, 1.807) is 6.92 Å². The number of amides is 1. The van der Waals surface area contributed by atoms with E-state index in [2.05, 4.69) is 5.32 Å². The van der Waals surface area contributed by atoms with Crippen LogP contribution in [0.15, 0.2) is 0 Å². The third-order valence-electron chi connectivity index (χ3n) is 0.994. The van der Waals surface area contributed by atoms with Crippen LogP contribution >= 0.6 is 0 Å². The molecule has 3 nitrogen and oxygen atoms in total. The first-order valence-electron chi connectivity index (χ1n) is 3.41. The topological polar surface area (TPSA) is 46.2 Å². The first-order chi connectivity index (χ1) is 4.57. The average molecular weight is 143 g/mol. The molecule has 3 heteroatoms. The highest BCUT2D eigenvalue weighted by Gasteiger charge is 2.10. The lowest BCUT2D eigenvalue weighted by atomic mass is 10.3. The Morgan fingerprint density at radius 3 is 2.20 bits per heavy atom. The van der Waals surface area contributed by atoms with E-state index >= 15 is 0 Å². The first kappa shape index (κ1) is 9.14. The van der Waals surface area contributed by atoms with Crippen molar-refractivity contribution in [2.75, 3.05) is 0 Å². The fraction of sp³-hybridized carbons (Fsp3) is 0.714. The molecule has 0 saturated carbocycles. The van der Waals surface area contributed by atoms with E-state index in [-0.39, 0.29) is 18.2 Å². The number of hydrogen-bond donors (Lipinski definition) is 1. The molecule has 0 saturated heterocycles. The van der Waals surface area contributed by atoms with Crippen LogP contribution in [0.25, 0.3) is 0 Å². The Morgan fingerprint density at radius 2 is 1.90 bits per heavy atom. The van der Waals surface area contributed by atoms with Gasteiger partial charge in [0.25, 0.3) is 5.91 Å². The smallest absolute Gasteiger partial charge is 0.287 e. The van der Waals surface area contributed by atoms with E-state index in [4.69, 9.17) is 0 Å². The number of rotatable bonds is 3. The Kier molecular flexibility index (Phi) is 3.69. The molecule has 0 heterocycles. The van der Waals surface area contributed by atoms with Crippen LogP contribution in [0.1, 0.15) is 27.2 Å². The second kappa shape index (κ2) is 4.04. The fourth-order valence-electron chi connectivity index (χ4n) is 0.503. The Labute approximate surface area is 60.8 Å². The van der Waals surface area contributed by atoms with E-state index in [1.165, 1.54) is 0 Å². The third-order valence-corrected chi connectivity index (χ3v) is 0.994. The van der Waals surface area contributed by atoms with Gasteiger partial charge in [0.2, 0.25) is 5.78 Å². The van der Waals surface area contributed by atoms with E-state index in [9.17, 15) is 9.59 Å². The van der Waals surface area contributed by atoms with Gasteiger partial charge >= 0.3 is 0 Å². The quantitative estimate of drug-likeness (QED) is 0.584. The summed E-state index contributed by atoms with van der Waals surface area (Å²) >= 11 is 0. The van der Waals surface area contributed by atoms with E-state index < -0.39 is 5.91 Å². The molecule has 0 aromatic carbocycles. The zero-order valence-corrected chi connectivity index (χ0v) is 6.60. The average Bonchev–Trinajstić information content (AvgIpc) is 1.85. The minimum absolute atomic E-state index is 0.0444. The molecule has 1 N–H and O–H groups in total. The molecular formula is C7H13NO2. The normalized spacial score (nSPS) is 9.60. The maximum absolute atomic E-state index is 10.7. The van der Waals surface area contributed by atoms with Crippen LogP contribution < -0.4 is 5.32 Å². The highest BCUT2D eigenvalue weighted by atomic mass is 16.2. The molecule has 10 heavy (non-hydrogen) atoms. The van der Waals surface area contributed by atoms with Crippen LogP contribution in [0.5, 0.6) is 0 Å². The van der Waals surface area contributed by atoms with Crippen LogP contribution in [-0.4, -0.2) is 17.7 Å². The van der Waals surface area contributed by atoms with Crippen LogP contribution in [-0.2, 0) is 9.59 Å². The lowest BCUT2D eigenvalue weighted by Gasteiger charge is -2.05. The predicted molar refractivity (Wildman–Crippen MR) is 38.6 cm³/mol. The van der Waals surface area contributed by atoms with Crippen molar-refractivity contribution in [1.29, 1.82) is 0 Å². The monoisotopic (exact) mass is 143 g/mol. The lowest BCUT2D eigenvalue weighted by molar-refractivity contribution is -0.138. The molecule has 0 bridgehead atoms. The second-order valence-corrected chi connectivity index (χ2v) is 2.40. The number of carbonyl (C=O) groups excluding carboxylic acids is 2. The van der Waals surface area contributed by atoms with Crippen molar-refractivity contribution < 1.29 is 9.59 Å². The molecule has 58 valence electrons. The Morgan fingerprint density at radius 1 is 1.40 bits per heavy atom. The van der Waals surface area contributed by atoms with Gasteiger partial charge < -0.3 is 5.32 Å². The van der Waals surface area contributed by atoms with Crippen LogP contribution in [0, 0.1) is 0 Å². The second-order valence-electron chi connectivity index (χ2n) is 2.40. The van der Waals surface area contributed by atoms with Gasteiger partial charge in [0, 0.05) is 12.5 Å². The third kappa shape index (κ3) is 3.22. The molecule has 0 aromatic heterocycles. The molecule has 0 radical (unpaired) electrons. The van der Waals surface area contributed by atoms with Gasteiger partial charge in [-0.25, -0.2) is 0 Å². The van der Waals surface area contributed by atoms with Gasteiger partial charge in [0.1, 0.15) is 0 Å². The van der Waals surface area contributed by atoms with Gasteiger partial charge in [-0.3, -0.25) is 9.59 Å². The fourth-order valence-corrected chi connectivity index (χ4v) is 0.503. The highest BCUT2D eigenvalue weighted by Crippen LogP contribution is 1.83. The molecular weight excluding hydrogens is 130 g/mol. The minimum Gasteiger partial charge on any atom is -0.347 e. The summed E-state index contributed by atoms with van der Waals surface area (Å²) in [6.45, 7) is 5.31. The summed E-state index contributed by atoms with van der Waals surface area (Å²) in [6.07, 6.45) is 0.276. The standard InChI is InChI=1S/C7H13NO2/c1-4-6(9)7(10)8-5(2)3/h5H,4H2,1-3H3,(H,8,10). The number of Topliss-reactive ketones (excluding diaryl/α,β-unsaturated/α-hetero) is 1. The van der Waals surface area contributed by atoms with Gasteiger partial charge in [-0.05, 0) is 13.8 Å². The summed E-state index contributed by atoms with van der Waals surface area (Å²) in [5.74, 6) is -0.828. The zero-order valence-electron chi connectivity index (χ0n) is 6.60. The van der Waals surface area contributed by atoms with Crippen molar-refractivity contribution in [3.63, 3.8) is 0 Å². The SMILES string of the molecule is CCC(=O)C(=O)NC(C)C. The van der Waals surface area contributed by atoms with Crippen molar-refractivity contribution >= 4 is 11.7 Å². The molecule has 0 fully saturated rings. The maximum Gasteiger partial charge on any atom is 0.287 e. The molecule has 0 aliphatic rings.